The van der Waals surface area contributed by atoms with Crippen molar-refractivity contribution in [2.24, 2.45) is 11.8 Å². The molecule has 0 amide bonds. The molecule has 0 saturated carbocycles. The number of fused-ring (bicyclic) bond motifs is 1. The second-order valence-electron chi connectivity index (χ2n) is 12.2. The lowest BCUT2D eigenvalue weighted by Gasteiger charge is -2.29. The minimum atomic E-state index is -1.71. The zero-order valence-electron chi connectivity index (χ0n) is 25.0. The Morgan fingerprint density at radius 2 is 1.70 bits per heavy atom. The molecule has 0 bridgehead atoms. The number of hydrogen-bond donors (Lipinski definition) is 4. The number of ether oxygens (including phenoxy) is 2. The van der Waals surface area contributed by atoms with Crippen molar-refractivity contribution in [1.82, 2.24) is 0 Å². The predicted molar refractivity (Wildman–Crippen MR) is 154 cm³/mol. The average Bonchev–Trinajstić information content (AvgIpc) is 3.58. The van der Waals surface area contributed by atoms with Gasteiger partial charge in [-0.15, -0.1) is 0 Å². The number of Topliss-reactive ketones (excluding diaryl/α,β-unsaturated/α-hetero) is 1. The molecule has 2 aliphatic rings. The van der Waals surface area contributed by atoms with Crippen LogP contribution >= 0.6 is 0 Å². The number of esters is 1. The van der Waals surface area contributed by atoms with E-state index in [9.17, 15) is 30.0 Å². The number of allylic oxidation sites excluding steroid dienone is 4. The van der Waals surface area contributed by atoms with Crippen LogP contribution in [0.5, 0.6) is 0 Å². The highest BCUT2D eigenvalue weighted by atomic mass is 16.6. The Labute approximate surface area is 239 Å². The molecule has 2 aliphatic heterocycles. The van der Waals surface area contributed by atoms with E-state index in [0.29, 0.717) is 23.5 Å². The molecule has 1 saturated heterocycles. The second kappa shape index (κ2) is 15.2. The molecule has 0 aromatic rings. The largest absolute Gasteiger partial charge is 0.459 e. The van der Waals surface area contributed by atoms with Gasteiger partial charge in [0.25, 0.3) is 0 Å². The van der Waals surface area contributed by atoms with E-state index < -0.39 is 54.1 Å². The molecule has 2 heterocycles. The molecule has 0 spiro atoms. The fourth-order valence-corrected chi connectivity index (χ4v) is 5.21. The fourth-order valence-electron chi connectivity index (χ4n) is 5.21. The summed E-state index contributed by atoms with van der Waals surface area (Å²) in [6.45, 7) is 14.7. The van der Waals surface area contributed by atoms with Crippen LogP contribution in [0.3, 0.4) is 0 Å². The summed E-state index contributed by atoms with van der Waals surface area (Å²) in [6.07, 6.45) is 5.95. The number of epoxide rings is 1. The van der Waals surface area contributed by atoms with E-state index in [1.807, 2.05) is 12.2 Å². The van der Waals surface area contributed by atoms with Gasteiger partial charge in [-0.1, -0.05) is 50.3 Å². The van der Waals surface area contributed by atoms with Crippen molar-refractivity contribution in [3.8, 4) is 0 Å². The Balaban J connectivity index is 2.15. The Hall–Kier alpha value is -2.10. The number of aliphatic hydroxyl groups is 4. The lowest BCUT2D eigenvalue weighted by atomic mass is 9.85. The van der Waals surface area contributed by atoms with Crippen LogP contribution in [0.25, 0.3) is 0 Å². The summed E-state index contributed by atoms with van der Waals surface area (Å²) in [6, 6.07) is 0. The van der Waals surface area contributed by atoms with Crippen LogP contribution < -0.4 is 0 Å². The molecule has 9 atom stereocenters. The van der Waals surface area contributed by atoms with Gasteiger partial charge < -0.3 is 29.9 Å². The minimum absolute atomic E-state index is 0.100. The third-order valence-electron chi connectivity index (χ3n) is 7.89. The van der Waals surface area contributed by atoms with Gasteiger partial charge in [0.2, 0.25) is 0 Å². The summed E-state index contributed by atoms with van der Waals surface area (Å²) in [7, 11) is 0. The molecule has 8 nitrogen and oxygen atoms in total. The molecule has 2 rings (SSSR count). The van der Waals surface area contributed by atoms with Gasteiger partial charge in [-0.05, 0) is 77.2 Å². The molecule has 40 heavy (non-hydrogen) atoms. The van der Waals surface area contributed by atoms with E-state index in [4.69, 9.17) is 9.47 Å². The maximum Gasteiger partial charge on any atom is 0.333 e. The highest BCUT2D eigenvalue weighted by Gasteiger charge is 2.37. The van der Waals surface area contributed by atoms with Gasteiger partial charge in [-0.25, -0.2) is 4.79 Å². The Bertz CT molecular complexity index is 977. The predicted octanol–water partition coefficient (Wildman–Crippen LogP) is 4.11. The smallest absolute Gasteiger partial charge is 0.333 e. The van der Waals surface area contributed by atoms with Crippen LogP contribution in [0.15, 0.2) is 47.6 Å². The first-order valence-electron chi connectivity index (χ1n) is 14.5. The maximum absolute atomic E-state index is 12.6. The third-order valence-corrected chi connectivity index (χ3v) is 7.89. The van der Waals surface area contributed by atoms with Crippen molar-refractivity contribution >= 4 is 11.8 Å². The first kappa shape index (κ1) is 34.1. The van der Waals surface area contributed by atoms with E-state index in [1.165, 1.54) is 0 Å². The number of cyclic esters (lactones) is 1. The van der Waals surface area contributed by atoms with Gasteiger partial charge in [-0.2, -0.15) is 0 Å². The average molecular weight is 563 g/mol. The van der Waals surface area contributed by atoms with E-state index in [-0.39, 0.29) is 25.0 Å². The lowest BCUT2D eigenvalue weighted by molar-refractivity contribution is -0.146. The lowest BCUT2D eigenvalue weighted by Crippen LogP contribution is -2.41. The SMILES string of the molecule is C=C1/C=C(/C)[C@](C)(O)C[C@H](O)CC(=O)[C@H](O)[C@@H](O)[C@H](C)C[C@H](C)OC(=O)/C(C)=C\CC/C=C\[C@@H]2O[C@H]2C[C@H](C)C1. The van der Waals surface area contributed by atoms with Crippen molar-refractivity contribution in [3.63, 3.8) is 0 Å². The van der Waals surface area contributed by atoms with Crippen molar-refractivity contribution in [2.75, 3.05) is 0 Å². The highest BCUT2D eigenvalue weighted by molar-refractivity contribution is 5.87. The molecule has 8 heteroatoms. The highest BCUT2D eigenvalue weighted by Crippen LogP contribution is 2.33. The van der Waals surface area contributed by atoms with E-state index in [0.717, 1.165) is 24.8 Å². The van der Waals surface area contributed by atoms with Crippen LogP contribution in [-0.4, -0.2) is 74.4 Å². The molecule has 0 unspecified atom stereocenters. The van der Waals surface area contributed by atoms with Gasteiger partial charge in [0, 0.05) is 18.4 Å². The second-order valence-corrected chi connectivity index (χ2v) is 12.2. The van der Waals surface area contributed by atoms with Crippen LogP contribution in [0.4, 0.5) is 0 Å². The fraction of sp³-hybridized carbons (Fsp3) is 0.688. The number of hydrogen-bond acceptors (Lipinski definition) is 8. The van der Waals surface area contributed by atoms with Crippen LogP contribution in [0.1, 0.15) is 86.5 Å². The molecule has 0 aromatic heterocycles. The Morgan fingerprint density at radius 1 is 1.02 bits per heavy atom. The summed E-state index contributed by atoms with van der Waals surface area (Å²) >= 11 is 0. The van der Waals surface area contributed by atoms with Crippen LogP contribution in [0.2, 0.25) is 0 Å². The van der Waals surface area contributed by atoms with Crippen molar-refractivity contribution in [1.29, 1.82) is 0 Å². The summed E-state index contributed by atoms with van der Waals surface area (Å²) in [5.41, 5.74) is 0.569. The first-order chi connectivity index (χ1) is 18.6. The normalized spacial score (nSPS) is 42.0. The van der Waals surface area contributed by atoms with Gasteiger partial charge in [0.1, 0.15) is 12.2 Å². The quantitative estimate of drug-likeness (QED) is 0.197. The Morgan fingerprint density at radius 3 is 2.38 bits per heavy atom. The topological polar surface area (TPSA) is 137 Å². The van der Waals surface area contributed by atoms with Gasteiger partial charge in [0.15, 0.2) is 5.78 Å². The summed E-state index contributed by atoms with van der Waals surface area (Å²) in [5, 5.41) is 42.6. The number of aliphatic hydroxyl groups excluding tert-OH is 3. The molecule has 0 radical (unpaired) electrons. The van der Waals surface area contributed by atoms with E-state index >= 15 is 0 Å². The molecule has 226 valence electrons. The third kappa shape index (κ3) is 11.1. The number of rotatable bonds is 0. The van der Waals surface area contributed by atoms with Crippen LogP contribution in [-0.2, 0) is 19.1 Å². The standard InChI is InChI=1S/C32H50O8/c1-19-13-20(2)15-28-27(40-28)12-10-8-9-11-21(3)31(37)39-24(6)16-22(4)29(35)30(36)26(34)17-25(33)18-32(7,38)23(5)14-19/h10-12,14,20,22,24-25,27-30,33,35-36,38H,1,8-9,13,15-18H2,2-7H3/b12-10-,21-11-,23-14-/t20-,22-,24+,25-,27+,28+,29+,30+,32-/m1/s1. The zero-order valence-corrected chi connectivity index (χ0v) is 25.0. The summed E-state index contributed by atoms with van der Waals surface area (Å²) in [5.74, 6) is -1.40. The molecule has 0 aliphatic carbocycles. The van der Waals surface area contributed by atoms with E-state index in [2.05, 4.69) is 25.7 Å². The van der Waals surface area contributed by atoms with Gasteiger partial charge in [0.05, 0.1) is 30.0 Å². The molecule has 4 N–H and O–H groups in total. The summed E-state index contributed by atoms with van der Waals surface area (Å²) in [4.78, 5) is 25.1. The summed E-state index contributed by atoms with van der Waals surface area (Å²) < 4.78 is 11.3. The van der Waals surface area contributed by atoms with Gasteiger partial charge in [-0.3, -0.25) is 4.79 Å². The number of carbonyl (C=O) groups is 2. The van der Waals surface area contributed by atoms with E-state index in [1.54, 1.807) is 34.6 Å². The molecule has 1 fully saturated rings. The number of carbonyl (C=O) groups excluding carboxylic acids is 2. The first-order valence-corrected chi connectivity index (χ1v) is 14.5. The van der Waals surface area contributed by atoms with Crippen LogP contribution in [0, 0.1) is 11.8 Å². The van der Waals surface area contributed by atoms with Crippen molar-refractivity contribution in [2.45, 2.75) is 129 Å². The monoisotopic (exact) mass is 562 g/mol. The minimum Gasteiger partial charge on any atom is -0.459 e. The molecular formula is C32H50O8. The maximum atomic E-state index is 12.6. The Kier molecular flexibility index (Phi) is 13.0. The number of ketones is 1. The van der Waals surface area contributed by atoms with Gasteiger partial charge >= 0.3 is 5.97 Å². The zero-order chi connectivity index (χ0) is 30.2. The van der Waals surface area contributed by atoms with Crippen molar-refractivity contribution < 1.29 is 39.5 Å². The molecular weight excluding hydrogens is 512 g/mol. The van der Waals surface area contributed by atoms with Crippen molar-refractivity contribution in [3.05, 3.63) is 47.6 Å². The molecule has 0 aromatic carbocycles.